The van der Waals surface area contributed by atoms with E-state index in [0.717, 1.165) is 30.5 Å². The van der Waals surface area contributed by atoms with E-state index in [9.17, 15) is 4.79 Å². The third kappa shape index (κ3) is 4.47. The third-order valence-corrected chi connectivity index (χ3v) is 4.48. The molecule has 0 bridgehead atoms. The Morgan fingerprint density at radius 2 is 1.68 bits per heavy atom. The lowest BCUT2D eigenvalue weighted by Gasteiger charge is -2.25. The van der Waals surface area contributed by atoms with Crippen LogP contribution < -0.4 is 14.2 Å². The van der Waals surface area contributed by atoms with Crippen molar-refractivity contribution in [1.82, 2.24) is 4.90 Å². The van der Waals surface area contributed by atoms with Gasteiger partial charge in [0, 0.05) is 12.0 Å². The zero-order valence-electron chi connectivity index (χ0n) is 15.8. The fourth-order valence-corrected chi connectivity index (χ4v) is 3.40. The first-order chi connectivity index (χ1) is 11.3. The Kier molecular flexibility index (Phi) is 7.32. The molecule has 140 valence electrons. The van der Waals surface area contributed by atoms with Crippen LogP contribution in [0.1, 0.15) is 25.3 Å². The number of rotatable bonds is 6. The van der Waals surface area contributed by atoms with Crippen LogP contribution in [0.5, 0.6) is 17.2 Å². The van der Waals surface area contributed by atoms with E-state index in [-0.39, 0.29) is 23.6 Å². The number of benzene rings is 1. The molecule has 0 saturated heterocycles. The number of ether oxygens (including phenoxy) is 3. The van der Waals surface area contributed by atoms with E-state index in [4.69, 9.17) is 14.2 Å². The van der Waals surface area contributed by atoms with Gasteiger partial charge in [-0.15, -0.1) is 12.4 Å². The molecule has 0 heterocycles. The van der Waals surface area contributed by atoms with Crippen LogP contribution in [-0.2, 0) is 4.79 Å². The number of halogens is 1. The molecule has 2 rings (SSSR count). The fourth-order valence-electron chi connectivity index (χ4n) is 3.40. The highest BCUT2D eigenvalue weighted by atomic mass is 35.5. The molecule has 1 aliphatic carbocycles. The number of Topliss-reactive ketones (excluding diaryl/α,β-unsaturated/α-hetero) is 1. The summed E-state index contributed by atoms with van der Waals surface area (Å²) in [7, 11) is 8.75. The summed E-state index contributed by atoms with van der Waals surface area (Å²) in [4.78, 5) is 14.9. The maximum Gasteiger partial charge on any atom is 0.203 e. The van der Waals surface area contributed by atoms with Gasteiger partial charge in [0.2, 0.25) is 5.75 Å². The second kappa shape index (κ2) is 8.59. The lowest BCUT2D eigenvalue weighted by atomic mass is 9.86. The summed E-state index contributed by atoms with van der Waals surface area (Å²) in [5.41, 5.74) is 1.42. The Balaban J connectivity index is 0.00000312. The van der Waals surface area contributed by atoms with Gasteiger partial charge in [0.1, 0.15) is 0 Å². The first kappa shape index (κ1) is 21.3. The molecule has 5 nitrogen and oxygen atoms in total. The van der Waals surface area contributed by atoms with Crippen molar-refractivity contribution in [2.45, 2.75) is 19.8 Å². The van der Waals surface area contributed by atoms with Gasteiger partial charge in [-0.05, 0) is 56.3 Å². The molecule has 1 aliphatic rings. The quantitative estimate of drug-likeness (QED) is 0.719. The fraction of sp³-hybridized carbons (Fsp3) is 0.526. The molecule has 0 amide bonds. The van der Waals surface area contributed by atoms with Gasteiger partial charge in [0.25, 0.3) is 0 Å². The summed E-state index contributed by atoms with van der Waals surface area (Å²) < 4.78 is 16.1. The Morgan fingerprint density at radius 1 is 1.12 bits per heavy atom. The minimum absolute atomic E-state index is 0. The van der Waals surface area contributed by atoms with Crippen molar-refractivity contribution in [2.75, 3.05) is 42.0 Å². The molecule has 0 spiro atoms. The molecule has 25 heavy (non-hydrogen) atoms. The van der Waals surface area contributed by atoms with Crippen LogP contribution in [0.2, 0.25) is 0 Å². The Morgan fingerprint density at radius 3 is 2.12 bits per heavy atom. The van der Waals surface area contributed by atoms with Crippen molar-refractivity contribution in [1.29, 1.82) is 0 Å². The molecular weight excluding hydrogens is 342 g/mol. The van der Waals surface area contributed by atoms with Crippen molar-refractivity contribution in [3.8, 4) is 17.2 Å². The highest BCUT2D eigenvalue weighted by molar-refractivity contribution is 6.05. The van der Waals surface area contributed by atoms with Gasteiger partial charge in [-0.2, -0.15) is 0 Å². The SMILES string of the molecule is COc1cc(/C=C2\CCC(C)(CN(C)C)C2=O)cc(OC)c1OC.Cl. The van der Waals surface area contributed by atoms with E-state index in [1.165, 1.54) is 0 Å². The number of allylic oxidation sites excluding steroid dienone is 1. The number of carbonyl (C=O) groups excluding carboxylic acids is 1. The van der Waals surface area contributed by atoms with Crippen LogP contribution in [0.25, 0.3) is 6.08 Å². The minimum Gasteiger partial charge on any atom is -0.493 e. The molecule has 1 saturated carbocycles. The molecule has 0 N–H and O–H groups in total. The highest BCUT2D eigenvalue weighted by Crippen LogP contribution is 2.42. The molecule has 6 heteroatoms. The van der Waals surface area contributed by atoms with E-state index >= 15 is 0 Å². The summed E-state index contributed by atoms with van der Waals surface area (Å²) in [6.45, 7) is 2.81. The van der Waals surface area contributed by atoms with Crippen molar-refractivity contribution in [3.63, 3.8) is 0 Å². The minimum atomic E-state index is -0.310. The average Bonchev–Trinajstić information content (AvgIpc) is 2.81. The molecule has 0 radical (unpaired) electrons. The topological polar surface area (TPSA) is 48.0 Å². The summed E-state index contributed by atoms with van der Waals surface area (Å²) in [6.07, 6.45) is 3.60. The Labute approximate surface area is 156 Å². The smallest absolute Gasteiger partial charge is 0.203 e. The van der Waals surface area contributed by atoms with E-state index in [1.54, 1.807) is 21.3 Å². The van der Waals surface area contributed by atoms with E-state index in [0.29, 0.717) is 17.2 Å². The summed E-state index contributed by atoms with van der Waals surface area (Å²) in [6, 6.07) is 3.73. The number of methoxy groups -OCH3 is 3. The van der Waals surface area contributed by atoms with Gasteiger partial charge in [-0.1, -0.05) is 6.92 Å². The van der Waals surface area contributed by atoms with Crippen molar-refractivity contribution in [3.05, 3.63) is 23.3 Å². The van der Waals surface area contributed by atoms with Crippen molar-refractivity contribution < 1.29 is 19.0 Å². The van der Waals surface area contributed by atoms with E-state index in [1.807, 2.05) is 39.2 Å². The largest absolute Gasteiger partial charge is 0.493 e. The average molecular weight is 370 g/mol. The van der Waals surface area contributed by atoms with E-state index < -0.39 is 0 Å². The van der Waals surface area contributed by atoms with Gasteiger partial charge in [0.15, 0.2) is 17.3 Å². The molecule has 1 aromatic rings. The van der Waals surface area contributed by atoms with E-state index in [2.05, 4.69) is 4.90 Å². The lowest BCUT2D eigenvalue weighted by molar-refractivity contribution is -0.122. The van der Waals surface area contributed by atoms with Gasteiger partial charge >= 0.3 is 0 Å². The van der Waals surface area contributed by atoms with Crippen LogP contribution in [0.4, 0.5) is 0 Å². The Bertz CT molecular complexity index is 632. The molecule has 0 aliphatic heterocycles. The van der Waals surface area contributed by atoms with Crippen molar-refractivity contribution >= 4 is 24.3 Å². The van der Waals surface area contributed by atoms with Crippen LogP contribution in [0.15, 0.2) is 17.7 Å². The number of nitrogens with zero attached hydrogens (tertiary/aromatic N) is 1. The maximum absolute atomic E-state index is 12.8. The predicted octanol–water partition coefficient (Wildman–Crippen LogP) is 3.45. The molecule has 1 fully saturated rings. The highest BCUT2D eigenvalue weighted by Gasteiger charge is 2.40. The standard InChI is InChI=1S/C19H27NO4.ClH/c1-19(12-20(2)3)8-7-14(18(19)21)9-13-10-15(22-4)17(24-6)16(11-13)23-5;/h9-11H,7-8,12H2,1-6H3;1H/b14-9+;. The number of carbonyl (C=O) groups is 1. The normalized spacial score (nSPS) is 21.4. The van der Waals surface area contributed by atoms with Crippen molar-refractivity contribution in [2.24, 2.45) is 5.41 Å². The number of hydrogen-bond acceptors (Lipinski definition) is 5. The molecule has 1 unspecified atom stereocenters. The maximum atomic E-state index is 12.8. The Hall–Kier alpha value is -1.72. The van der Waals surface area contributed by atoms with Gasteiger partial charge in [0.05, 0.1) is 21.3 Å². The number of ketones is 1. The van der Waals surface area contributed by atoms with Crippen LogP contribution in [-0.4, -0.2) is 52.7 Å². The summed E-state index contributed by atoms with van der Waals surface area (Å²) in [5.74, 6) is 1.96. The molecule has 0 aromatic heterocycles. The molecule has 1 atom stereocenters. The first-order valence-electron chi connectivity index (χ1n) is 8.04. The lowest BCUT2D eigenvalue weighted by Crippen LogP contribution is -2.34. The monoisotopic (exact) mass is 369 g/mol. The zero-order valence-corrected chi connectivity index (χ0v) is 16.7. The predicted molar refractivity (Wildman–Crippen MR) is 102 cm³/mol. The first-order valence-corrected chi connectivity index (χ1v) is 8.04. The second-order valence-electron chi connectivity index (χ2n) is 6.76. The van der Waals surface area contributed by atoms with Gasteiger partial charge in [-0.25, -0.2) is 0 Å². The molecular formula is C19H28ClNO4. The van der Waals surface area contributed by atoms with Gasteiger partial charge < -0.3 is 19.1 Å². The summed E-state index contributed by atoms with van der Waals surface area (Å²) in [5, 5.41) is 0. The number of hydrogen-bond donors (Lipinski definition) is 0. The van der Waals surface area contributed by atoms with Crippen LogP contribution >= 0.6 is 12.4 Å². The molecule has 1 aromatic carbocycles. The van der Waals surface area contributed by atoms with Gasteiger partial charge in [-0.3, -0.25) is 4.79 Å². The summed E-state index contributed by atoms with van der Waals surface area (Å²) >= 11 is 0. The van der Waals surface area contributed by atoms with Crippen LogP contribution in [0, 0.1) is 5.41 Å². The third-order valence-electron chi connectivity index (χ3n) is 4.48. The van der Waals surface area contributed by atoms with Crippen LogP contribution in [0.3, 0.4) is 0 Å². The second-order valence-corrected chi connectivity index (χ2v) is 6.76. The zero-order chi connectivity index (χ0) is 17.9.